The highest BCUT2D eigenvalue weighted by atomic mass is 15.2. The average molecular weight is 269 g/mol. The first-order chi connectivity index (χ1) is 9.81. The van der Waals surface area contributed by atoms with Crippen LogP contribution in [0, 0.1) is 5.92 Å². The van der Waals surface area contributed by atoms with Crippen LogP contribution in [-0.2, 0) is 6.54 Å². The standard InChI is InChI=1S/C17H23N3/c1-2-13-7-9-20(10-8-13)17-11-14(12-18)15-5-3-4-6-16(15)19-17/h3-6,11,13H,2,7-10,12,18H2,1H3. The van der Waals surface area contributed by atoms with Crippen molar-refractivity contribution in [2.45, 2.75) is 32.7 Å². The zero-order valence-electron chi connectivity index (χ0n) is 12.2. The van der Waals surface area contributed by atoms with Crippen LogP contribution >= 0.6 is 0 Å². The fourth-order valence-electron chi connectivity index (χ4n) is 3.13. The molecule has 2 heterocycles. The average Bonchev–Trinajstić information content (AvgIpc) is 2.54. The molecule has 1 aromatic heterocycles. The molecule has 1 aromatic carbocycles. The van der Waals surface area contributed by atoms with Gasteiger partial charge in [-0.1, -0.05) is 31.5 Å². The Morgan fingerprint density at radius 1 is 1.25 bits per heavy atom. The Kier molecular flexibility index (Phi) is 3.88. The first kappa shape index (κ1) is 13.4. The van der Waals surface area contributed by atoms with E-state index in [1.165, 1.54) is 30.2 Å². The van der Waals surface area contributed by atoms with Gasteiger partial charge in [-0.25, -0.2) is 4.98 Å². The van der Waals surface area contributed by atoms with E-state index in [2.05, 4.69) is 36.1 Å². The maximum Gasteiger partial charge on any atom is 0.129 e. The molecule has 0 spiro atoms. The highest BCUT2D eigenvalue weighted by molar-refractivity contribution is 5.84. The van der Waals surface area contributed by atoms with E-state index in [0.717, 1.165) is 30.3 Å². The summed E-state index contributed by atoms with van der Waals surface area (Å²) in [7, 11) is 0. The highest BCUT2D eigenvalue weighted by Gasteiger charge is 2.19. The van der Waals surface area contributed by atoms with E-state index in [1.54, 1.807) is 0 Å². The fourth-order valence-corrected chi connectivity index (χ4v) is 3.13. The van der Waals surface area contributed by atoms with Crippen LogP contribution in [0.1, 0.15) is 31.7 Å². The lowest BCUT2D eigenvalue weighted by molar-refractivity contribution is 0.394. The van der Waals surface area contributed by atoms with E-state index >= 15 is 0 Å². The molecule has 3 heteroatoms. The number of piperidine rings is 1. The number of hydrogen-bond donors (Lipinski definition) is 1. The second-order valence-corrected chi connectivity index (χ2v) is 5.70. The second-order valence-electron chi connectivity index (χ2n) is 5.70. The van der Waals surface area contributed by atoms with Crippen LogP contribution in [0.25, 0.3) is 10.9 Å². The smallest absolute Gasteiger partial charge is 0.129 e. The molecule has 106 valence electrons. The summed E-state index contributed by atoms with van der Waals surface area (Å²) in [6.07, 6.45) is 3.86. The molecule has 0 radical (unpaired) electrons. The van der Waals surface area contributed by atoms with E-state index in [4.69, 9.17) is 10.7 Å². The topological polar surface area (TPSA) is 42.1 Å². The zero-order valence-corrected chi connectivity index (χ0v) is 12.2. The lowest BCUT2D eigenvalue weighted by Crippen LogP contribution is -2.34. The Morgan fingerprint density at radius 2 is 2.00 bits per heavy atom. The van der Waals surface area contributed by atoms with Gasteiger partial charge in [0.05, 0.1) is 5.52 Å². The summed E-state index contributed by atoms with van der Waals surface area (Å²) < 4.78 is 0. The van der Waals surface area contributed by atoms with Crippen LogP contribution in [0.4, 0.5) is 5.82 Å². The molecule has 2 aromatic rings. The molecule has 3 rings (SSSR count). The molecule has 0 saturated carbocycles. The number of nitrogens with zero attached hydrogens (tertiary/aromatic N) is 2. The van der Waals surface area contributed by atoms with E-state index in [0.29, 0.717) is 6.54 Å². The van der Waals surface area contributed by atoms with Gasteiger partial charge in [0.1, 0.15) is 5.82 Å². The molecule has 1 fully saturated rings. The number of hydrogen-bond acceptors (Lipinski definition) is 3. The van der Waals surface area contributed by atoms with Gasteiger partial charge in [-0.05, 0) is 36.5 Å². The number of para-hydroxylation sites is 1. The predicted molar refractivity (Wildman–Crippen MR) is 84.9 cm³/mol. The molecule has 1 aliphatic rings. The van der Waals surface area contributed by atoms with Crippen molar-refractivity contribution in [3.8, 4) is 0 Å². The van der Waals surface area contributed by atoms with Crippen molar-refractivity contribution in [3.05, 3.63) is 35.9 Å². The van der Waals surface area contributed by atoms with Gasteiger partial charge in [-0.3, -0.25) is 0 Å². The molecule has 0 bridgehead atoms. The third-order valence-corrected chi connectivity index (χ3v) is 4.52. The minimum absolute atomic E-state index is 0.571. The van der Waals surface area contributed by atoms with Gasteiger partial charge >= 0.3 is 0 Å². The molecule has 3 nitrogen and oxygen atoms in total. The zero-order chi connectivity index (χ0) is 13.9. The number of nitrogens with two attached hydrogens (primary N) is 1. The largest absolute Gasteiger partial charge is 0.357 e. The first-order valence-electron chi connectivity index (χ1n) is 7.65. The van der Waals surface area contributed by atoms with Gasteiger partial charge in [-0.15, -0.1) is 0 Å². The number of fused-ring (bicyclic) bond motifs is 1. The van der Waals surface area contributed by atoms with Gasteiger partial charge in [0, 0.05) is 25.0 Å². The number of aromatic nitrogens is 1. The summed E-state index contributed by atoms with van der Waals surface area (Å²) >= 11 is 0. The maximum atomic E-state index is 5.91. The van der Waals surface area contributed by atoms with Crippen molar-refractivity contribution >= 4 is 16.7 Å². The lowest BCUT2D eigenvalue weighted by atomic mass is 9.94. The third-order valence-electron chi connectivity index (χ3n) is 4.52. The minimum atomic E-state index is 0.571. The number of pyridine rings is 1. The molecule has 0 aliphatic carbocycles. The van der Waals surface area contributed by atoms with Crippen molar-refractivity contribution < 1.29 is 0 Å². The highest BCUT2D eigenvalue weighted by Crippen LogP contribution is 2.27. The van der Waals surface area contributed by atoms with Crippen molar-refractivity contribution in [2.24, 2.45) is 11.7 Å². The van der Waals surface area contributed by atoms with Gasteiger partial charge in [0.2, 0.25) is 0 Å². The molecule has 20 heavy (non-hydrogen) atoms. The number of benzene rings is 1. The van der Waals surface area contributed by atoms with Crippen molar-refractivity contribution in [1.82, 2.24) is 4.98 Å². The summed E-state index contributed by atoms with van der Waals surface area (Å²) in [5.74, 6) is 1.99. The summed E-state index contributed by atoms with van der Waals surface area (Å²) in [4.78, 5) is 7.24. The van der Waals surface area contributed by atoms with Crippen LogP contribution < -0.4 is 10.6 Å². The Hall–Kier alpha value is -1.61. The summed E-state index contributed by atoms with van der Waals surface area (Å²) in [5.41, 5.74) is 8.17. The second kappa shape index (κ2) is 5.80. The Bertz CT molecular complexity index is 586. The Labute approximate surface area is 120 Å². The SMILES string of the molecule is CCC1CCN(c2cc(CN)c3ccccc3n2)CC1. The van der Waals surface area contributed by atoms with Gasteiger partial charge in [0.15, 0.2) is 0 Å². The van der Waals surface area contributed by atoms with Crippen molar-refractivity contribution in [3.63, 3.8) is 0 Å². The van der Waals surface area contributed by atoms with Gasteiger partial charge in [-0.2, -0.15) is 0 Å². The van der Waals surface area contributed by atoms with Gasteiger partial charge in [0.25, 0.3) is 0 Å². The van der Waals surface area contributed by atoms with E-state index in [1.807, 2.05) is 6.07 Å². The van der Waals surface area contributed by atoms with Crippen LogP contribution in [0.3, 0.4) is 0 Å². The molecule has 0 atom stereocenters. The quantitative estimate of drug-likeness (QED) is 0.929. The molecular weight excluding hydrogens is 246 g/mol. The van der Waals surface area contributed by atoms with Crippen LogP contribution in [0.5, 0.6) is 0 Å². The van der Waals surface area contributed by atoms with E-state index in [-0.39, 0.29) is 0 Å². The Balaban J connectivity index is 1.92. The third kappa shape index (κ3) is 2.50. The molecule has 0 unspecified atom stereocenters. The summed E-state index contributed by atoms with van der Waals surface area (Å²) in [6.45, 7) is 5.10. The van der Waals surface area contributed by atoms with Gasteiger partial charge < -0.3 is 10.6 Å². The number of anilines is 1. The van der Waals surface area contributed by atoms with Crippen LogP contribution in [0.2, 0.25) is 0 Å². The summed E-state index contributed by atoms with van der Waals surface area (Å²) in [5, 5.41) is 1.18. The van der Waals surface area contributed by atoms with Crippen molar-refractivity contribution in [1.29, 1.82) is 0 Å². The fraction of sp³-hybridized carbons (Fsp3) is 0.471. The summed E-state index contributed by atoms with van der Waals surface area (Å²) in [6, 6.07) is 10.5. The Morgan fingerprint density at radius 3 is 2.70 bits per heavy atom. The van der Waals surface area contributed by atoms with E-state index < -0.39 is 0 Å². The molecule has 0 amide bonds. The van der Waals surface area contributed by atoms with E-state index in [9.17, 15) is 0 Å². The maximum absolute atomic E-state index is 5.91. The predicted octanol–water partition coefficient (Wildman–Crippen LogP) is 3.32. The first-order valence-corrected chi connectivity index (χ1v) is 7.65. The minimum Gasteiger partial charge on any atom is -0.357 e. The van der Waals surface area contributed by atoms with Crippen LogP contribution in [-0.4, -0.2) is 18.1 Å². The molecule has 1 aliphatic heterocycles. The number of rotatable bonds is 3. The molecule has 2 N–H and O–H groups in total. The molecular formula is C17H23N3. The molecule has 1 saturated heterocycles. The monoisotopic (exact) mass is 269 g/mol. The van der Waals surface area contributed by atoms with Crippen LogP contribution in [0.15, 0.2) is 30.3 Å². The lowest BCUT2D eigenvalue weighted by Gasteiger charge is -2.32. The van der Waals surface area contributed by atoms with Crippen molar-refractivity contribution in [2.75, 3.05) is 18.0 Å². The normalized spacial score (nSPS) is 16.8.